The van der Waals surface area contributed by atoms with E-state index in [4.69, 9.17) is 10.1 Å². The Labute approximate surface area is 178 Å². The number of hydrogen-bond acceptors (Lipinski definition) is 4. The first-order chi connectivity index (χ1) is 14.0. The van der Waals surface area contributed by atoms with E-state index in [-0.39, 0.29) is 0 Å². The molecule has 156 valence electrons. The largest absolute Gasteiger partial charge is 0.481 e. The summed E-state index contributed by atoms with van der Waals surface area (Å²) >= 11 is 1.80. The van der Waals surface area contributed by atoms with Gasteiger partial charge < -0.3 is 10.0 Å². The molecule has 1 aromatic heterocycles. The van der Waals surface area contributed by atoms with Crippen molar-refractivity contribution in [2.45, 2.75) is 63.7 Å². The Morgan fingerprint density at radius 1 is 1.28 bits per heavy atom. The van der Waals surface area contributed by atoms with Crippen molar-refractivity contribution < 1.29 is 9.90 Å². The molecule has 4 nitrogen and oxygen atoms in total. The molecule has 0 radical (unpaired) electrons. The first-order valence-electron chi connectivity index (χ1n) is 11.0. The van der Waals surface area contributed by atoms with Gasteiger partial charge in [-0.15, -0.1) is 11.3 Å². The minimum Gasteiger partial charge on any atom is -0.481 e. The van der Waals surface area contributed by atoms with Crippen LogP contribution in [0.15, 0.2) is 23.6 Å². The molecule has 1 unspecified atom stereocenters. The van der Waals surface area contributed by atoms with Gasteiger partial charge in [0, 0.05) is 36.4 Å². The average Bonchev–Trinajstić information content (AvgIpc) is 3.16. The van der Waals surface area contributed by atoms with Gasteiger partial charge in [0.25, 0.3) is 0 Å². The highest BCUT2D eigenvalue weighted by atomic mass is 32.1. The van der Waals surface area contributed by atoms with Gasteiger partial charge in [0.05, 0.1) is 10.7 Å². The lowest BCUT2D eigenvalue weighted by Crippen LogP contribution is -2.22. The Bertz CT molecular complexity index is 854. The van der Waals surface area contributed by atoms with E-state index in [1.165, 1.54) is 21.7 Å². The zero-order valence-electron chi connectivity index (χ0n) is 17.6. The molecule has 0 spiro atoms. The van der Waals surface area contributed by atoms with Gasteiger partial charge in [-0.05, 0) is 74.6 Å². The van der Waals surface area contributed by atoms with Gasteiger partial charge in [0.2, 0.25) is 0 Å². The molecule has 0 amide bonds. The monoisotopic (exact) mass is 412 g/mol. The molecule has 1 fully saturated rings. The van der Waals surface area contributed by atoms with Crippen molar-refractivity contribution in [3.8, 4) is 11.3 Å². The molecule has 1 aromatic carbocycles. The molecule has 29 heavy (non-hydrogen) atoms. The summed E-state index contributed by atoms with van der Waals surface area (Å²) in [6.45, 7) is 4.57. The predicted octanol–water partition coefficient (Wildman–Crippen LogP) is 5.54. The quantitative estimate of drug-likeness (QED) is 0.700. The second-order valence-electron chi connectivity index (χ2n) is 9.05. The number of hydrogen-bond donors (Lipinski definition) is 1. The zero-order chi connectivity index (χ0) is 20.4. The number of nitrogens with zero attached hydrogens (tertiary/aromatic N) is 2. The molecule has 1 aliphatic heterocycles. The van der Waals surface area contributed by atoms with Crippen LogP contribution in [-0.4, -0.2) is 41.1 Å². The van der Waals surface area contributed by atoms with Crippen LogP contribution in [0.25, 0.3) is 11.3 Å². The Hall–Kier alpha value is -1.72. The maximum Gasteiger partial charge on any atom is 0.303 e. The number of carbonyl (C=O) groups is 1. The molecule has 2 aromatic rings. The summed E-state index contributed by atoms with van der Waals surface area (Å²) < 4.78 is 0. The Balaban J connectivity index is 1.43. The van der Waals surface area contributed by atoms with Crippen LogP contribution in [0.2, 0.25) is 0 Å². The average molecular weight is 413 g/mol. The zero-order valence-corrected chi connectivity index (χ0v) is 18.4. The maximum absolute atomic E-state index is 10.8. The highest BCUT2D eigenvalue weighted by molar-refractivity contribution is 7.10. The Kier molecular flexibility index (Phi) is 6.35. The molecule has 4 rings (SSSR count). The van der Waals surface area contributed by atoms with Crippen molar-refractivity contribution in [2.24, 2.45) is 5.92 Å². The predicted molar refractivity (Wildman–Crippen MR) is 119 cm³/mol. The number of rotatable bonds is 5. The van der Waals surface area contributed by atoms with E-state index in [2.05, 4.69) is 42.5 Å². The van der Waals surface area contributed by atoms with Crippen LogP contribution in [-0.2, 0) is 11.2 Å². The lowest BCUT2D eigenvalue weighted by atomic mass is 9.80. The van der Waals surface area contributed by atoms with Gasteiger partial charge in [-0.2, -0.15) is 0 Å². The molecule has 0 saturated heterocycles. The van der Waals surface area contributed by atoms with Crippen molar-refractivity contribution in [3.05, 3.63) is 39.7 Å². The fraction of sp³-hybridized carbons (Fsp3) is 0.583. The van der Waals surface area contributed by atoms with Crippen molar-refractivity contribution in [1.82, 2.24) is 9.88 Å². The first-order valence-corrected chi connectivity index (χ1v) is 11.9. The maximum atomic E-state index is 10.8. The minimum absolute atomic E-state index is 0.309. The van der Waals surface area contributed by atoms with Gasteiger partial charge in [-0.25, -0.2) is 4.98 Å². The van der Waals surface area contributed by atoms with Crippen molar-refractivity contribution >= 4 is 17.3 Å². The molecular formula is C24H32N2O2S. The number of benzene rings is 1. The van der Waals surface area contributed by atoms with Crippen molar-refractivity contribution in [2.75, 3.05) is 20.1 Å². The lowest BCUT2D eigenvalue weighted by molar-refractivity contribution is -0.137. The first kappa shape index (κ1) is 20.5. The minimum atomic E-state index is -0.668. The third kappa shape index (κ3) is 4.89. The van der Waals surface area contributed by atoms with Crippen molar-refractivity contribution in [3.63, 3.8) is 0 Å². The van der Waals surface area contributed by atoms with E-state index in [1.54, 1.807) is 11.3 Å². The highest BCUT2D eigenvalue weighted by Crippen LogP contribution is 2.40. The van der Waals surface area contributed by atoms with E-state index < -0.39 is 5.97 Å². The standard InChI is InChI=1S/C24H32N2O2S/c1-16-14-26(2)12-11-19-13-20(8-9-21(16)19)22-15-29-24(25-22)18-6-3-17(4-7-18)5-10-23(27)28/h8-9,13,15-18H,3-7,10-12,14H2,1-2H3,(H,27,28)/t16?,17-,18-. The summed E-state index contributed by atoms with van der Waals surface area (Å²) in [7, 11) is 2.21. The van der Waals surface area contributed by atoms with Gasteiger partial charge in [-0.3, -0.25) is 4.79 Å². The van der Waals surface area contributed by atoms with Crippen LogP contribution in [0.5, 0.6) is 0 Å². The van der Waals surface area contributed by atoms with Crippen LogP contribution in [0.4, 0.5) is 0 Å². The molecule has 1 N–H and O–H groups in total. The summed E-state index contributed by atoms with van der Waals surface area (Å²) in [6, 6.07) is 6.94. The second-order valence-corrected chi connectivity index (χ2v) is 9.94. The van der Waals surface area contributed by atoms with E-state index >= 15 is 0 Å². The summed E-state index contributed by atoms with van der Waals surface area (Å²) in [6.07, 6.45) is 6.81. The van der Waals surface area contributed by atoms with E-state index in [9.17, 15) is 4.79 Å². The number of thiazole rings is 1. The molecule has 0 bridgehead atoms. The summed E-state index contributed by atoms with van der Waals surface area (Å²) in [5.74, 6) is 1.03. The number of carboxylic acid groups (broad SMARTS) is 1. The normalized spacial score (nSPS) is 25.4. The number of aromatic nitrogens is 1. The van der Waals surface area contributed by atoms with Crippen LogP contribution in [0.1, 0.15) is 73.4 Å². The second kappa shape index (κ2) is 8.97. The smallest absolute Gasteiger partial charge is 0.303 e. The molecule has 1 saturated carbocycles. The van der Waals surface area contributed by atoms with Gasteiger partial charge >= 0.3 is 5.97 Å². The van der Waals surface area contributed by atoms with Crippen LogP contribution in [0, 0.1) is 5.92 Å². The van der Waals surface area contributed by atoms with Crippen LogP contribution in [0.3, 0.4) is 0 Å². The highest BCUT2D eigenvalue weighted by Gasteiger charge is 2.25. The van der Waals surface area contributed by atoms with E-state index in [0.717, 1.165) is 57.3 Å². The van der Waals surface area contributed by atoms with Crippen molar-refractivity contribution in [1.29, 1.82) is 0 Å². The summed E-state index contributed by atoms with van der Waals surface area (Å²) in [5.41, 5.74) is 5.34. The topological polar surface area (TPSA) is 53.4 Å². The number of carboxylic acids is 1. The van der Waals surface area contributed by atoms with Gasteiger partial charge in [0.1, 0.15) is 0 Å². The number of fused-ring (bicyclic) bond motifs is 1. The number of aliphatic carboxylic acids is 1. The third-order valence-corrected chi connectivity index (χ3v) is 7.81. The molecule has 2 aliphatic rings. The lowest BCUT2D eigenvalue weighted by Gasteiger charge is -2.26. The third-order valence-electron chi connectivity index (χ3n) is 6.80. The van der Waals surface area contributed by atoms with Gasteiger partial charge in [-0.1, -0.05) is 19.1 Å². The van der Waals surface area contributed by atoms with E-state index in [1.807, 2.05) is 0 Å². The molecule has 1 atom stereocenters. The molecule has 5 heteroatoms. The van der Waals surface area contributed by atoms with Crippen LogP contribution >= 0.6 is 11.3 Å². The fourth-order valence-corrected chi connectivity index (χ4v) is 6.06. The Morgan fingerprint density at radius 3 is 2.83 bits per heavy atom. The van der Waals surface area contributed by atoms with Crippen LogP contribution < -0.4 is 0 Å². The SMILES string of the molecule is CC1CN(C)CCc2cc(-c3csc([C@H]4CC[C@H](CCC(=O)O)CC4)n3)ccc21. The summed E-state index contributed by atoms with van der Waals surface area (Å²) in [4.78, 5) is 18.2. The van der Waals surface area contributed by atoms with E-state index in [0.29, 0.717) is 24.2 Å². The summed E-state index contributed by atoms with van der Waals surface area (Å²) in [5, 5.41) is 12.4. The molecule has 2 heterocycles. The molecular weight excluding hydrogens is 380 g/mol. The fourth-order valence-electron chi connectivity index (χ4n) is 5.06. The van der Waals surface area contributed by atoms with Gasteiger partial charge in [0.15, 0.2) is 0 Å². The number of likely N-dealkylation sites (N-methyl/N-ethyl adjacent to an activating group) is 1. The molecule has 1 aliphatic carbocycles. The Morgan fingerprint density at radius 2 is 2.07 bits per heavy atom.